The number of para-hydroxylation sites is 2. The van der Waals surface area contributed by atoms with Crippen LogP contribution in [0.25, 0.3) is 0 Å². The normalized spacial score (nSPS) is 18.6. The zero-order chi connectivity index (χ0) is 25.3. The molecule has 6 heteroatoms. The minimum absolute atomic E-state index is 0.109. The number of aryl methyl sites for hydroxylation is 1. The summed E-state index contributed by atoms with van der Waals surface area (Å²) in [7, 11) is 0. The van der Waals surface area contributed by atoms with Gasteiger partial charge in [-0.05, 0) is 48.6 Å². The Hall–Kier alpha value is -3.93. The Morgan fingerprint density at radius 2 is 1.81 bits per heavy atom. The number of rotatable bonds is 5. The summed E-state index contributed by atoms with van der Waals surface area (Å²) in [5, 5.41) is 6.61. The molecule has 1 aliphatic carbocycles. The van der Waals surface area contributed by atoms with E-state index in [0.717, 1.165) is 45.9 Å². The van der Waals surface area contributed by atoms with Crippen LogP contribution in [-0.4, -0.2) is 23.2 Å². The second-order valence-electron chi connectivity index (χ2n) is 10.5. The third-order valence-electron chi connectivity index (χ3n) is 6.90. The standard InChI is InChI=1S/C30H32N4O2/c1-20-11-13-21(14-12-20)29-28-24(16-30(2,3)17-26(28)35)33-23-9-4-5-10-25(23)34(29)19-27(36)32-18-22-8-6-7-15-31-22/h4-15,29,33H,16-19H2,1-3H3,(H,32,36). The number of carbonyl (C=O) groups is 2. The highest BCUT2D eigenvalue weighted by atomic mass is 16.2. The monoisotopic (exact) mass is 480 g/mol. The quantitative estimate of drug-likeness (QED) is 0.517. The van der Waals surface area contributed by atoms with Gasteiger partial charge in [-0.2, -0.15) is 0 Å². The van der Waals surface area contributed by atoms with Crippen molar-refractivity contribution in [1.82, 2.24) is 10.3 Å². The summed E-state index contributed by atoms with van der Waals surface area (Å²) in [6.45, 7) is 6.78. The molecular formula is C30H32N4O2. The zero-order valence-corrected chi connectivity index (χ0v) is 21.0. The van der Waals surface area contributed by atoms with Gasteiger partial charge in [0.05, 0.1) is 36.2 Å². The van der Waals surface area contributed by atoms with Gasteiger partial charge in [-0.1, -0.05) is 61.9 Å². The number of pyridine rings is 1. The van der Waals surface area contributed by atoms with Crippen LogP contribution in [0.15, 0.2) is 84.2 Å². The third-order valence-corrected chi connectivity index (χ3v) is 6.90. The van der Waals surface area contributed by atoms with Gasteiger partial charge in [0.25, 0.3) is 0 Å². The Balaban J connectivity index is 1.58. The molecule has 1 amide bonds. The molecule has 2 aliphatic rings. The van der Waals surface area contributed by atoms with E-state index in [0.29, 0.717) is 13.0 Å². The molecular weight excluding hydrogens is 448 g/mol. The first-order chi connectivity index (χ1) is 17.3. The molecule has 1 unspecified atom stereocenters. The lowest BCUT2D eigenvalue weighted by Gasteiger charge is -2.38. The highest BCUT2D eigenvalue weighted by Gasteiger charge is 2.41. The Kier molecular flexibility index (Phi) is 6.35. The molecule has 5 rings (SSSR count). The van der Waals surface area contributed by atoms with E-state index in [1.54, 1.807) is 6.20 Å². The van der Waals surface area contributed by atoms with Gasteiger partial charge in [-0.25, -0.2) is 0 Å². The van der Waals surface area contributed by atoms with Crippen molar-refractivity contribution in [3.05, 3.63) is 101 Å². The van der Waals surface area contributed by atoms with Crippen molar-refractivity contribution < 1.29 is 9.59 Å². The SMILES string of the molecule is Cc1ccc(C2C3=C(CC(C)(C)CC3=O)Nc3ccccc3N2CC(=O)NCc2ccccn2)cc1. The molecule has 2 heterocycles. The van der Waals surface area contributed by atoms with Crippen molar-refractivity contribution in [2.45, 2.75) is 46.2 Å². The Morgan fingerprint density at radius 3 is 2.56 bits per heavy atom. The maximum Gasteiger partial charge on any atom is 0.239 e. The molecule has 2 N–H and O–H groups in total. The van der Waals surface area contributed by atoms with E-state index >= 15 is 0 Å². The molecule has 0 fully saturated rings. The van der Waals surface area contributed by atoms with Gasteiger partial charge >= 0.3 is 0 Å². The minimum atomic E-state index is -0.374. The van der Waals surface area contributed by atoms with Crippen molar-refractivity contribution in [3.63, 3.8) is 0 Å². The van der Waals surface area contributed by atoms with E-state index in [4.69, 9.17) is 0 Å². The van der Waals surface area contributed by atoms with Crippen LogP contribution < -0.4 is 15.5 Å². The lowest BCUT2D eigenvalue weighted by molar-refractivity contribution is -0.121. The Labute approximate surface area is 212 Å². The first-order valence-corrected chi connectivity index (χ1v) is 12.4. The van der Waals surface area contributed by atoms with Crippen molar-refractivity contribution >= 4 is 23.1 Å². The number of fused-ring (bicyclic) bond motifs is 1. The third kappa shape index (κ3) is 4.89. The highest BCUT2D eigenvalue weighted by molar-refractivity contribution is 6.01. The zero-order valence-electron chi connectivity index (χ0n) is 21.0. The van der Waals surface area contributed by atoms with E-state index in [2.05, 4.69) is 65.6 Å². The Bertz CT molecular complexity index is 1310. The molecule has 3 aromatic rings. The lowest BCUT2D eigenvalue weighted by atomic mass is 9.73. The summed E-state index contributed by atoms with van der Waals surface area (Å²) < 4.78 is 0. The number of aromatic nitrogens is 1. The van der Waals surface area contributed by atoms with Gasteiger partial charge in [0.1, 0.15) is 0 Å². The largest absolute Gasteiger partial charge is 0.357 e. The van der Waals surface area contributed by atoms with Crippen LogP contribution >= 0.6 is 0 Å². The van der Waals surface area contributed by atoms with Crippen LogP contribution in [0.4, 0.5) is 11.4 Å². The van der Waals surface area contributed by atoms with Gasteiger partial charge in [0.15, 0.2) is 5.78 Å². The van der Waals surface area contributed by atoms with Crippen molar-refractivity contribution in [1.29, 1.82) is 0 Å². The average Bonchev–Trinajstić information content (AvgIpc) is 2.98. The number of benzene rings is 2. The number of hydrogen-bond acceptors (Lipinski definition) is 5. The van der Waals surface area contributed by atoms with Crippen LogP contribution in [0, 0.1) is 12.3 Å². The highest BCUT2D eigenvalue weighted by Crippen LogP contribution is 2.48. The van der Waals surface area contributed by atoms with E-state index in [1.165, 1.54) is 0 Å². The second-order valence-corrected chi connectivity index (χ2v) is 10.5. The fourth-order valence-corrected chi connectivity index (χ4v) is 5.23. The number of amides is 1. The van der Waals surface area contributed by atoms with Crippen LogP contribution in [0.2, 0.25) is 0 Å². The number of ketones is 1. The van der Waals surface area contributed by atoms with Crippen LogP contribution in [-0.2, 0) is 16.1 Å². The molecule has 1 atom stereocenters. The van der Waals surface area contributed by atoms with Crippen molar-refractivity contribution in [3.8, 4) is 0 Å². The summed E-state index contributed by atoms with van der Waals surface area (Å²) >= 11 is 0. The maximum absolute atomic E-state index is 13.7. The lowest BCUT2D eigenvalue weighted by Crippen LogP contribution is -2.42. The van der Waals surface area contributed by atoms with Gasteiger partial charge in [0.2, 0.25) is 5.91 Å². The van der Waals surface area contributed by atoms with Crippen LogP contribution in [0.3, 0.4) is 0 Å². The number of allylic oxidation sites excluding steroid dienone is 1. The molecule has 0 saturated carbocycles. The summed E-state index contributed by atoms with van der Waals surface area (Å²) in [5.41, 5.74) is 6.32. The number of nitrogens with zero attached hydrogens (tertiary/aromatic N) is 2. The predicted octanol–water partition coefficient (Wildman–Crippen LogP) is 5.32. The van der Waals surface area contributed by atoms with E-state index in [1.807, 2.05) is 42.5 Å². The number of carbonyl (C=O) groups excluding carboxylic acids is 2. The smallest absolute Gasteiger partial charge is 0.239 e. The van der Waals surface area contributed by atoms with Gasteiger partial charge in [-0.15, -0.1) is 0 Å². The molecule has 184 valence electrons. The summed E-state index contributed by atoms with van der Waals surface area (Å²) in [5.74, 6) is 0.00577. The number of anilines is 2. The van der Waals surface area contributed by atoms with E-state index in [9.17, 15) is 9.59 Å². The molecule has 36 heavy (non-hydrogen) atoms. The molecule has 6 nitrogen and oxygen atoms in total. The molecule has 0 saturated heterocycles. The summed E-state index contributed by atoms with van der Waals surface area (Å²) in [6, 6.07) is 21.5. The van der Waals surface area contributed by atoms with Crippen molar-refractivity contribution in [2.75, 3.05) is 16.8 Å². The van der Waals surface area contributed by atoms with Crippen LogP contribution in [0.5, 0.6) is 0 Å². The number of hydrogen-bond donors (Lipinski definition) is 2. The molecule has 1 aromatic heterocycles. The topological polar surface area (TPSA) is 74.3 Å². The van der Waals surface area contributed by atoms with Crippen LogP contribution in [0.1, 0.15) is 49.6 Å². The second kappa shape index (κ2) is 9.61. The van der Waals surface area contributed by atoms with Crippen molar-refractivity contribution in [2.24, 2.45) is 5.41 Å². The molecule has 0 bridgehead atoms. The van der Waals surface area contributed by atoms with E-state index in [-0.39, 0.29) is 29.7 Å². The molecule has 2 aromatic carbocycles. The molecule has 0 spiro atoms. The van der Waals surface area contributed by atoms with Gasteiger partial charge < -0.3 is 15.5 Å². The Morgan fingerprint density at radius 1 is 1.06 bits per heavy atom. The number of nitrogens with one attached hydrogen (secondary N) is 2. The minimum Gasteiger partial charge on any atom is -0.357 e. The molecule has 1 aliphatic heterocycles. The fourth-order valence-electron chi connectivity index (χ4n) is 5.23. The van der Waals surface area contributed by atoms with Gasteiger partial charge in [-0.3, -0.25) is 14.6 Å². The van der Waals surface area contributed by atoms with Gasteiger partial charge in [0, 0.05) is 23.9 Å². The first kappa shape index (κ1) is 23.8. The average molecular weight is 481 g/mol. The predicted molar refractivity (Wildman–Crippen MR) is 142 cm³/mol. The molecule has 0 radical (unpaired) electrons. The maximum atomic E-state index is 13.7. The fraction of sp³-hybridized carbons (Fsp3) is 0.300. The first-order valence-electron chi connectivity index (χ1n) is 12.4. The summed E-state index contributed by atoms with van der Waals surface area (Å²) in [4.78, 5) is 33.4. The summed E-state index contributed by atoms with van der Waals surface area (Å²) in [6.07, 6.45) is 2.96. The number of Topliss-reactive ketones (excluding diaryl/α,β-unsaturated/α-hetero) is 1. The van der Waals surface area contributed by atoms with E-state index < -0.39 is 0 Å².